The monoisotopic (exact) mass is 498 g/mol. The Labute approximate surface area is 202 Å². The molecule has 7 nitrogen and oxygen atoms in total. The summed E-state index contributed by atoms with van der Waals surface area (Å²) in [6.07, 6.45) is 0.118. The Balaban J connectivity index is 1.49. The highest BCUT2D eigenvalue weighted by Crippen LogP contribution is 2.34. The molecule has 0 aliphatic carbocycles. The lowest BCUT2D eigenvalue weighted by Gasteiger charge is -2.13. The third-order valence-corrected chi connectivity index (χ3v) is 5.72. The first-order valence-electron chi connectivity index (χ1n) is 10.7. The molecule has 5 aromatic rings. The fourth-order valence-corrected chi connectivity index (χ4v) is 4.07. The van der Waals surface area contributed by atoms with Crippen molar-refractivity contribution < 1.29 is 18.0 Å². The van der Waals surface area contributed by atoms with Gasteiger partial charge in [0.1, 0.15) is 5.56 Å². The molecule has 0 spiro atoms. The minimum Gasteiger partial charge on any atom is -0.352 e. The number of aromatic nitrogens is 5. The largest absolute Gasteiger partial charge is 0.433 e. The quantitative estimate of drug-likeness (QED) is 0.325. The number of aryl methyl sites for hydroxylation is 1. The molecule has 3 heterocycles. The molecule has 3 aromatic heterocycles. The molecule has 0 saturated carbocycles. The van der Waals surface area contributed by atoms with E-state index in [0.717, 1.165) is 23.0 Å². The number of benzene rings is 2. The number of hydrogen-bond acceptors (Lipinski definition) is 4. The van der Waals surface area contributed by atoms with Crippen LogP contribution in [-0.4, -0.2) is 36.8 Å². The highest BCUT2D eigenvalue weighted by molar-refractivity contribution is 6.30. The van der Waals surface area contributed by atoms with Crippen LogP contribution in [0.3, 0.4) is 0 Å². The Bertz CT molecular complexity index is 1540. The molecule has 0 atom stereocenters. The maximum atomic E-state index is 13.9. The molecule has 0 saturated heterocycles. The number of amides is 1. The number of fused-ring (bicyclic) bond motifs is 2. The van der Waals surface area contributed by atoms with Gasteiger partial charge in [0, 0.05) is 24.8 Å². The zero-order valence-corrected chi connectivity index (χ0v) is 18.9. The molecule has 5 rings (SSSR count). The Morgan fingerprint density at radius 3 is 2.63 bits per heavy atom. The van der Waals surface area contributed by atoms with Crippen molar-refractivity contribution in [3.05, 3.63) is 83.4 Å². The standard InChI is InChI=1S/C24H18ClF3N6O/c25-16-12-30-33(14-16)10-4-9-29-23(35)19-13-31-34-21(24(26,27)28)11-20(32-22(19)34)18-8-3-6-15-5-1-2-7-17(15)18/h1-3,5-8,11-14H,4,9-10H2,(H,29,35). The van der Waals surface area contributed by atoms with Crippen molar-refractivity contribution >= 4 is 33.9 Å². The van der Waals surface area contributed by atoms with Gasteiger partial charge in [-0.3, -0.25) is 9.48 Å². The molecular weight excluding hydrogens is 481 g/mol. The number of hydrogen-bond donors (Lipinski definition) is 1. The minimum atomic E-state index is -4.70. The van der Waals surface area contributed by atoms with E-state index < -0.39 is 17.8 Å². The Morgan fingerprint density at radius 1 is 1.06 bits per heavy atom. The second-order valence-electron chi connectivity index (χ2n) is 7.88. The minimum absolute atomic E-state index is 0.0419. The summed E-state index contributed by atoms with van der Waals surface area (Å²) in [7, 11) is 0. The lowest BCUT2D eigenvalue weighted by Crippen LogP contribution is -2.25. The zero-order valence-electron chi connectivity index (χ0n) is 18.1. The lowest BCUT2D eigenvalue weighted by atomic mass is 10.0. The molecule has 178 valence electrons. The van der Waals surface area contributed by atoms with Gasteiger partial charge in [-0.15, -0.1) is 0 Å². The Morgan fingerprint density at radius 2 is 1.86 bits per heavy atom. The van der Waals surface area contributed by atoms with E-state index in [1.54, 1.807) is 23.0 Å². The van der Waals surface area contributed by atoms with Crippen molar-refractivity contribution in [3.63, 3.8) is 0 Å². The first-order chi connectivity index (χ1) is 16.8. The zero-order chi connectivity index (χ0) is 24.6. The van der Waals surface area contributed by atoms with Gasteiger partial charge in [0.2, 0.25) is 0 Å². The Kier molecular flexibility index (Phi) is 5.89. The van der Waals surface area contributed by atoms with Gasteiger partial charge in [0.25, 0.3) is 5.91 Å². The van der Waals surface area contributed by atoms with Crippen molar-refractivity contribution in [3.8, 4) is 11.3 Å². The average Bonchev–Trinajstić information content (AvgIpc) is 3.46. The van der Waals surface area contributed by atoms with Gasteiger partial charge in [0.05, 0.1) is 23.1 Å². The third kappa shape index (κ3) is 4.57. The van der Waals surface area contributed by atoms with Crippen LogP contribution in [0.5, 0.6) is 0 Å². The highest BCUT2D eigenvalue weighted by Gasteiger charge is 2.36. The van der Waals surface area contributed by atoms with Gasteiger partial charge in [-0.05, 0) is 23.3 Å². The van der Waals surface area contributed by atoms with Gasteiger partial charge in [-0.25, -0.2) is 9.50 Å². The molecule has 0 radical (unpaired) electrons. The van der Waals surface area contributed by atoms with Gasteiger partial charge in [0.15, 0.2) is 11.3 Å². The van der Waals surface area contributed by atoms with Crippen molar-refractivity contribution in [2.24, 2.45) is 0 Å². The SMILES string of the molecule is O=C(NCCCn1cc(Cl)cn1)c1cnn2c(C(F)(F)F)cc(-c3cccc4ccccc34)nc12. The predicted molar refractivity (Wildman–Crippen MR) is 125 cm³/mol. The van der Waals surface area contributed by atoms with Crippen LogP contribution in [0.25, 0.3) is 27.7 Å². The highest BCUT2D eigenvalue weighted by atomic mass is 35.5. The van der Waals surface area contributed by atoms with Gasteiger partial charge in [-0.2, -0.15) is 23.4 Å². The Hall–Kier alpha value is -3.92. The summed E-state index contributed by atoms with van der Waals surface area (Å²) in [6.45, 7) is 0.798. The van der Waals surface area contributed by atoms with Gasteiger partial charge in [-0.1, -0.05) is 54.1 Å². The maximum absolute atomic E-state index is 13.9. The first-order valence-corrected chi connectivity index (χ1v) is 11.1. The van der Waals surface area contributed by atoms with E-state index in [1.165, 1.54) is 6.20 Å². The molecule has 0 aliphatic rings. The summed E-state index contributed by atoms with van der Waals surface area (Å²) in [5.41, 5.74) is -0.591. The number of alkyl halides is 3. The molecular formula is C24H18ClF3N6O. The van der Waals surface area contributed by atoms with Crippen LogP contribution in [0.4, 0.5) is 13.2 Å². The molecule has 0 unspecified atom stereocenters. The van der Waals surface area contributed by atoms with Crippen molar-refractivity contribution in [1.29, 1.82) is 0 Å². The van der Waals surface area contributed by atoms with E-state index in [0.29, 0.717) is 28.1 Å². The van der Waals surface area contributed by atoms with Crippen molar-refractivity contribution in [2.45, 2.75) is 19.1 Å². The number of nitrogens with zero attached hydrogens (tertiary/aromatic N) is 5. The topological polar surface area (TPSA) is 77.1 Å². The normalized spacial score (nSPS) is 11.9. The van der Waals surface area contributed by atoms with Crippen LogP contribution in [0.2, 0.25) is 5.02 Å². The van der Waals surface area contributed by atoms with Crippen LogP contribution < -0.4 is 5.32 Å². The van der Waals surface area contributed by atoms with Crippen LogP contribution in [-0.2, 0) is 12.7 Å². The maximum Gasteiger partial charge on any atom is 0.433 e. The summed E-state index contributed by atoms with van der Waals surface area (Å²) < 4.78 is 44.1. The van der Waals surface area contributed by atoms with Crippen LogP contribution in [0, 0.1) is 0 Å². The first kappa shape index (κ1) is 22.9. The smallest absolute Gasteiger partial charge is 0.352 e. The average molecular weight is 499 g/mol. The molecule has 0 aliphatic heterocycles. The molecule has 2 aromatic carbocycles. The van der Waals surface area contributed by atoms with E-state index in [4.69, 9.17) is 11.6 Å². The fraction of sp³-hybridized carbons (Fsp3) is 0.167. The molecule has 0 fully saturated rings. The van der Waals surface area contributed by atoms with Crippen LogP contribution in [0.1, 0.15) is 22.5 Å². The summed E-state index contributed by atoms with van der Waals surface area (Å²) in [5.74, 6) is -0.561. The molecule has 35 heavy (non-hydrogen) atoms. The number of halogens is 4. The summed E-state index contributed by atoms with van der Waals surface area (Å²) in [6, 6.07) is 13.6. The van der Waals surface area contributed by atoms with E-state index >= 15 is 0 Å². The summed E-state index contributed by atoms with van der Waals surface area (Å²) >= 11 is 5.83. The third-order valence-electron chi connectivity index (χ3n) is 5.52. The molecule has 1 amide bonds. The lowest BCUT2D eigenvalue weighted by molar-refractivity contribution is -0.142. The molecule has 0 bridgehead atoms. The van der Waals surface area contributed by atoms with Crippen molar-refractivity contribution in [1.82, 2.24) is 29.7 Å². The predicted octanol–water partition coefficient (Wildman–Crippen LogP) is 5.24. The van der Waals surface area contributed by atoms with Gasteiger partial charge < -0.3 is 5.32 Å². The summed E-state index contributed by atoms with van der Waals surface area (Å²) in [4.78, 5) is 17.3. The van der Waals surface area contributed by atoms with E-state index in [1.807, 2.05) is 30.3 Å². The van der Waals surface area contributed by atoms with Crippen molar-refractivity contribution in [2.75, 3.05) is 6.54 Å². The van der Waals surface area contributed by atoms with E-state index in [-0.39, 0.29) is 23.4 Å². The fourth-order valence-electron chi connectivity index (χ4n) is 3.91. The van der Waals surface area contributed by atoms with E-state index in [9.17, 15) is 18.0 Å². The second-order valence-corrected chi connectivity index (χ2v) is 8.31. The van der Waals surface area contributed by atoms with Crippen LogP contribution in [0.15, 0.2) is 67.1 Å². The van der Waals surface area contributed by atoms with E-state index in [2.05, 4.69) is 20.5 Å². The number of carbonyl (C=O) groups excluding carboxylic acids is 1. The number of carbonyl (C=O) groups is 1. The molecule has 11 heteroatoms. The number of nitrogens with one attached hydrogen (secondary N) is 1. The number of rotatable bonds is 6. The van der Waals surface area contributed by atoms with Crippen LogP contribution >= 0.6 is 11.6 Å². The second kappa shape index (κ2) is 9.03. The van der Waals surface area contributed by atoms with Gasteiger partial charge >= 0.3 is 6.18 Å². The summed E-state index contributed by atoms with van der Waals surface area (Å²) in [5, 5.41) is 12.7. The molecule has 1 N–H and O–H groups in total.